The van der Waals surface area contributed by atoms with Crippen molar-refractivity contribution in [1.82, 2.24) is 4.98 Å². The number of rotatable bonds is 5. The molecule has 2 aliphatic carbocycles. The zero-order valence-corrected chi connectivity index (χ0v) is 16.3. The first kappa shape index (κ1) is 17.6. The maximum Gasteiger partial charge on any atom is 0.193 e. The van der Waals surface area contributed by atoms with E-state index in [2.05, 4.69) is 31.4 Å². The third kappa shape index (κ3) is 3.31. The van der Waals surface area contributed by atoms with Crippen LogP contribution in [0.5, 0.6) is 0 Å². The van der Waals surface area contributed by atoms with Crippen LogP contribution in [0.2, 0.25) is 0 Å². The van der Waals surface area contributed by atoms with Gasteiger partial charge in [-0.3, -0.25) is 4.79 Å². The summed E-state index contributed by atoms with van der Waals surface area (Å²) in [6, 6.07) is 19.8. The molecule has 0 spiro atoms. The Morgan fingerprint density at radius 1 is 0.963 bits per heavy atom. The Morgan fingerprint density at radius 2 is 1.63 bits per heavy atom. The molecule has 0 saturated carbocycles. The fraction of sp³-hybridized carbons (Fsp3) is 0.167. The summed E-state index contributed by atoms with van der Waals surface area (Å²) in [5.41, 5.74) is 7.12. The summed E-state index contributed by atoms with van der Waals surface area (Å²) in [6.07, 6.45) is 1.71. The topological polar surface area (TPSA) is 30.0 Å². The van der Waals surface area contributed by atoms with E-state index in [1.54, 1.807) is 11.3 Å². The predicted molar refractivity (Wildman–Crippen MR) is 112 cm³/mol. The largest absolute Gasteiger partial charge is 0.289 e. The summed E-state index contributed by atoms with van der Waals surface area (Å²) < 4.78 is 0. The molecule has 1 heterocycles. The minimum atomic E-state index is 0.0870. The van der Waals surface area contributed by atoms with Gasteiger partial charge in [0.2, 0.25) is 0 Å². The molecule has 2 aromatic rings. The second-order valence-corrected chi connectivity index (χ2v) is 7.62. The van der Waals surface area contributed by atoms with Gasteiger partial charge in [-0.25, -0.2) is 4.98 Å². The van der Waals surface area contributed by atoms with Crippen LogP contribution < -0.4 is 0 Å². The van der Waals surface area contributed by atoms with Gasteiger partial charge in [-0.15, -0.1) is 11.3 Å². The third-order valence-electron chi connectivity index (χ3n) is 5.01. The van der Waals surface area contributed by atoms with Gasteiger partial charge in [0.05, 0.1) is 10.7 Å². The number of ketones is 1. The zero-order valence-electron chi connectivity index (χ0n) is 15.5. The molecule has 0 amide bonds. The molecule has 0 bridgehead atoms. The van der Waals surface area contributed by atoms with Crippen LogP contribution in [0.25, 0.3) is 11.1 Å². The summed E-state index contributed by atoms with van der Waals surface area (Å²) in [7, 11) is 0. The Kier molecular flexibility index (Phi) is 4.87. The molecule has 134 valence electrons. The van der Waals surface area contributed by atoms with Crippen molar-refractivity contribution in [3.05, 3.63) is 99.0 Å². The molecule has 2 nitrogen and oxygen atoms in total. The van der Waals surface area contributed by atoms with Crippen LogP contribution in [-0.4, -0.2) is 10.8 Å². The number of hydrogen-bond acceptors (Lipinski definition) is 3. The maximum absolute atomic E-state index is 13.3. The van der Waals surface area contributed by atoms with E-state index in [9.17, 15) is 4.79 Å². The van der Waals surface area contributed by atoms with E-state index in [0.29, 0.717) is 0 Å². The number of aryl methyl sites for hydroxylation is 1. The minimum Gasteiger partial charge on any atom is -0.289 e. The van der Waals surface area contributed by atoms with Gasteiger partial charge in [-0.1, -0.05) is 67.6 Å². The maximum atomic E-state index is 13.3. The van der Waals surface area contributed by atoms with Gasteiger partial charge < -0.3 is 0 Å². The Bertz CT molecular complexity index is 1060. The van der Waals surface area contributed by atoms with E-state index in [4.69, 9.17) is 4.98 Å². The number of nitrogens with zero attached hydrogens (tertiary/aromatic N) is 1. The molecule has 4 rings (SSSR count). The zero-order chi connectivity index (χ0) is 18.8. The molecular weight excluding hydrogens is 350 g/mol. The number of carbonyl (C=O) groups is 1. The lowest BCUT2D eigenvalue weighted by molar-refractivity contribution is 0.103. The second-order valence-electron chi connectivity index (χ2n) is 6.67. The lowest BCUT2D eigenvalue weighted by atomic mass is 9.99. The fourth-order valence-electron chi connectivity index (χ4n) is 3.58. The van der Waals surface area contributed by atoms with Crippen molar-refractivity contribution in [2.45, 2.75) is 26.7 Å². The summed E-state index contributed by atoms with van der Waals surface area (Å²) in [4.78, 5) is 18.0. The molecule has 0 saturated heterocycles. The SMILES string of the molecule is CCc1csc(Cc2c3cccccc-3c(C(=O)c3ccccc3)c2C)n1. The smallest absolute Gasteiger partial charge is 0.193 e. The highest BCUT2D eigenvalue weighted by molar-refractivity contribution is 7.09. The van der Waals surface area contributed by atoms with Crippen LogP contribution in [0.1, 0.15) is 44.7 Å². The van der Waals surface area contributed by atoms with Gasteiger partial charge >= 0.3 is 0 Å². The van der Waals surface area contributed by atoms with Crippen LogP contribution in [0.4, 0.5) is 0 Å². The van der Waals surface area contributed by atoms with Gasteiger partial charge in [-0.2, -0.15) is 0 Å². The number of hydrogen-bond donors (Lipinski definition) is 0. The number of fused-ring (bicyclic) bond motifs is 1. The first-order valence-electron chi connectivity index (χ1n) is 9.22. The quantitative estimate of drug-likeness (QED) is 0.406. The normalized spacial score (nSPS) is 11.0. The summed E-state index contributed by atoms with van der Waals surface area (Å²) in [5.74, 6) is 0.0870. The Labute approximate surface area is 163 Å². The lowest BCUT2D eigenvalue weighted by Gasteiger charge is -2.03. The van der Waals surface area contributed by atoms with Crippen molar-refractivity contribution in [2.24, 2.45) is 0 Å². The molecule has 0 unspecified atom stereocenters. The average molecular weight is 372 g/mol. The van der Waals surface area contributed by atoms with E-state index in [-0.39, 0.29) is 5.78 Å². The third-order valence-corrected chi connectivity index (χ3v) is 5.91. The van der Waals surface area contributed by atoms with Crippen LogP contribution in [-0.2, 0) is 12.8 Å². The molecule has 0 fully saturated rings. The standard InChI is InChI=1S/C24H21NOS/c1-3-18-15-27-22(25-18)14-21-16(2)23(20-13-9-5-8-12-19(20)21)24(26)17-10-6-4-7-11-17/h4-13,15H,3,14H2,1-2H3. The van der Waals surface area contributed by atoms with Gasteiger partial charge in [0.1, 0.15) is 0 Å². The van der Waals surface area contributed by atoms with Crippen LogP contribution in [0.15, 0.2) is 66.0 Å². The lowest BCUT2D eigenvalue weighted by Crippen LogP contribution is -2.02. The van der Waals surface area contributed by atoms with Crippen molar-refractivity contribution in [3.63, 3.8) is 0 Å². The average Bonchev–Trinajstić information content (AvgIpc) is 3.16. The Morgan fingerprint density at radius 3 is 2.30 bits per heavy atom. The van der Waals surface area contributed by atoms with Crippen molar-refractivity contribution in [1.29, 1.82) is 0 Å². The molecule has 1 aromatic heterocycles. The van der Waals surface area contributed by atoms with E-state index in [1.807, 2.05) is 48.5 Å². The van der Waals surface area contributed by atoms with Crippen LogP contribution in [0, 0.1) is 6.92 Å². The first-order valence-corrected chi connectivity index (χ1v) is 10.1. The molecule has 2 aliphatic rings. The van der Waals surface area contributed by atoms with E-state index in [1.165, 1.54) is 5.56 Å². The highest BCUT2D eigenvalue weighted by Crippen LogP contribution is 2.38. The van der Waals surface area contributed by atoms with E-state index >= 15 is 0 Å². The highest BCUT2D eigenvalue weighted by atomic mass is 32.1. The molecule has 0 N–H and O–H groups in total. The van der Waals surface area contributed by atoms with E-state index in [0.717, 1.165) is 51.4 Å². The summed E-state index contributed by atoms with van der Waals surface area (Å²) in [5, 5.41) is 3.23. The van der Waals surface area contributed by atoms with Crippen molar-refractivity contribution >= 4 is 17.1 Å². The molecule has 3 heteroatoms. The summed E-state index contributed by atoms with van der Waals surface area (Å²) >= 11 is 1.70. The molecule has 0 aliphatic heterocycles. The Hall–Kier alpha value is -2.78. The molecule has 0 atom stereocenters. The minimum absolute atomic E-state index is 0.0870. The van der Waals surface area contributed by atoms with Gasteiger partial charge in [0.25, 0.3) is 0 Å². The summed E-state index contributed by atoms with van der Waals surface area (Å²) in [6.45, 7) is 4.19. The van der Waals surface area contributed by atoms with Crippen molar-refractivity contribution in [3.8, 4) is 11.1 Å². The second kappa shape index (κ2) is 7.45. The van der Waals surface area contributed by atoms with Crippen molar-refractivity contribution in [2.75, 3.05) is 0 Å². The highest BCUT2D eigenvalue weighted by Gasteiger charge is 2.25. The van der Waals surface area contributed by atoms with Gasteiger partial charge in [-0.05, 0) is 35.6 Å². The van der Waals surface area contributed by atoms with Crippen molar-refractivity contribution < 1.29 is 4.79 Å². The first-order chi connectivity index (χ1) is 13.2. The van der Waals surface area contributed by atoms with Crippen LogP contribution >= 0.6 is 11.3 Å². The monoisotopic (exact) mass is 371 g/mol. The van der Waals surface area contributed by atoms with E-state index < -0.39 is 0 Å². The number of benzene rings is 1. The molecule has 0 radical (unpaired) electrons. The number of carbonyl (C=O) groups excluding carboxylic acids is 1. The molecule has 27 heavy (non-hydrogen) atoms. The predicted octanol–water partition coefficient (Wildman–Crippen LogP) is 5.94. The fourth-order valence-corrected chi connectivity index (χ4v) is 4.47. The molecular formula is C24H21NOS. The van der Waals surface area contributed by atoms with Crippen LogP contribution in [0.3, 0.4) is 0 Å². The van der Waals surface area contributed by atoms with Gasteiger partial charge in [0.15, 0.2) is 5.78 Å². The number of aromatic nitrogens is 1. The van der Waals surface area contributed by atoms with Gasteiger partial charge in [0, 0.05) is 22.9 Å². The number of thiazole rings is 1. The Balaban J connectivity index is 1.85. The molecule has 1 aromatic carbocycles.